The molecule has 0 saturated carbocycles. The van der Waals surface area contributed by atoms with Crippen molar-refractivity contribution in [1.29, 1.82) is 0 Å². The van der Waals surface area contributed by atoms with Gasteiger partial charge in [0.25, 0.3) is 0 Å². The van der Waals surface area contributed by atoms with Crippen molar-refractivity contribution in [1.82, 2.24) is 0 Å². The summed E-state index contributed by atoms with van der Waals surface area (Å²) in [6.45, 7) is 1.85. The fraction of sp³-hybridized carbons (Fsp3) is 0.600. The molecule has 0 spiro atoms. The number of ether oxygens (including phenoxy) is 1. The number of carbonyl (C=O) groups excluding carboxylic acids is 2. The number of hydrogen-bond acceptors (Lipinski definition) is 3. The second kappa shape index (κ2) is 4.80. The van der Waals surface area contributed by atoms with E-state index in [9.17, 15) is 9.59 Å². The van der Waals surface area contributed by atoms with E-state index in [1.807, 2.05) is 13.0 Å². The molecule has 0 radical (unpaired) electrons. The Morgan fingerprint density at radius 2 is 2.23 bits per heavy atom. The Kier molecular flexibility index (Phi) is 3.68. The number of rotatable bonds is 0. The summed E-state index contributed by atoms with van der Waals surface area (Å²) >= 11 is 0. The molecule has 0 aliphatic carbocycles. The van der Waals surface area contributed by atoms with Gasteiger partial charge >= 0.3 is 5.97 Å². The summed E-state index contributed by atoms with van der Waals surface area (Å²) in [5, 5.41) is 0. The Bertz CT molecular complexity index is 230. The second-order valence-electron chi connectivity index (χ2n) is 3.28. The van der Waals surface area contributed by atoms with Gasteiger partial charge in [-0.05, 0) is 32.3 Å². The fourth-order valence-electron chi connectivity index (χ4n) is 1.26. The lowest BCUT2D eigenvalue weighted by Crippen LogP contribution is -2.17. The minimum atomic E-state index is -0.413. The van der Waals surface area contributed by atoms with Gasteiger partial charge in [0.05, 0.1) is 6.10 Å². The first-order chi connectivity index (χ1) is 6.18. The first kappa shape index (κ1) is 9.96. The van der Waals surface area contributed by atoms with Crippen LogP contribution < -0.4 is 0 Å². The summed E-state index contributed by atoms with van der Waals surface area (Å²) in [6.07, 6.45) is 5.81. The molecule has 0 aromatic carbocycles. The predicted molar refractivity (Wildman–Crippen MR) is 48.2 cm³/mol. The quantitative estimate of drug-likeness (QED) is 0.422. The molecular formula is C10H14O3. The molecule has 0 aromatic rings. The molecule has 3 nitrogen and oxygen atoms in total. The van der Waals surface area contributed by atoms with Crippen molar-refractivity contribution in [3.8, 4) is 0 Å². The highest BCUT2D eigenvalue weighted by Gasteiger charge is 2.13. The first-order valence-corrected chi connectivity index (χ1v) is 4.57. The van der Waals surface area contributed by atoms with E-state index in [1.165, 1.54) is 6.08 Å². The van der Waals surface area contributed by atoms with E-state index in [1.54, 1.807) is 0 Å². The van der Waals surface area contributed by atoms with Crippen LogP contribution in [0.4, 0.5) is 0 Å². The summed E-state index contributed by atoms with van der Waals surface area (Å²) < 4.78 is 5.00. The van der Waals surface area contributed by atoms with E-state index < -0.39 is 5.97 Å². The molecule has 13 heavy (non-hydrogen) atoms. The summed E-state index contributed by atoms with van der Waals surface area (Å²) in [5.41, 5.74) is 0. The summed E-state index contributed by atoms with van der Waals surface area (Å²) in [4.78, 5) is 22.1. The number of cyclic esters (lactones) is 1. The van der Waals surface area contributed by atoms with Crippen LogP contribution >= 0.6 is 0 Å². The molecule has 0 amide bonds. The number of hydrogen-bond donors (Lipinski definition) is 0. The summed E-state index contributed by atoms with van der Waals surface area (Å²) in [7, 11) is 0. The van der Waals surface area contributed by atoms with Crippen molar-refractivity contribution in [2.45, 2.75) is 38.7 Å². The lowest BCUT2D eigenvalue weighted by Gasteiger charge is -2.12. The van der Waals surface area contributed by atoms with Crippen LogP contribution in [0.2, 0.25) is 0 Å². The topological polar surface area (TPSA) is 43.4 Å². The lowest BCUT2D eigenvalue weighted by atomic mass is 10.1. The van der Waals surface area contributed by atoms with Crippen molar-refractivity contribution in [2.75, 3.05) is 0 Å². The third-order valence-electron chi connectivity index (χ3n) is 1.94. The highest BCUT2D eigenvalue weighted by atomic mass is 16.5. The second-order valence-corrected chi connectivity index (χ2v) is 3.28. The van der Waals surface area contributed by atoms with Crippen LogP contribution in [0.1, 0.15) is 32.6 Å². The fourth-order valence-corrected chi connectivity index (χ4v) is 1.26. The smallest absolute Gasteiger partial charge is 0.313 e. The maximum atomic E-state index is 11.0. The molecule has 1 heterocycles. The molecule has 0 unspecified atom stereocenters. The van der Waals surface area contributed by atoms with E-state index in [4.69, 9.17) is 4.74 Å². The first-order valence-electron chi connectivity index (χ1n) is 4.57. The average Bonchev–Trinajstić information content (AvgIpc) is 2.02. The molecule has 0 N–H and O–H groups in total. The Labute approximate surface area is 77.8 Å². The van der Waals surface area contributed by atoms with Crippen LogP contribution in [-0.4, -0.2) is 17.9 Å². The Hall–Kier alpha value is -1.12. The van der Waals surface area contributed by atoms with Gasteiger partial charge in [-0.2, -0.15) is 0 Å². The van der Waals surface area contributed by atoms with E-state index in [0.717, 1.165) is 19.3 Å². The lowest BCUT2D eigenvalue weighted by molar-refractivity contribution is -0.149. The van der Waals surface area contributed by atoms with Crippen LogP contribution in [0, 0.1) is 0 Å². The molecular weight excluding hydrogens is 168 g/mol. The predicted octanol–water partition coefficient (Wildman–Crippen LogP) is 1.62. The highest BCUT2D eigenvalue weighted by molar-refractivity contribution is 6.01. The molecule has 0 fully saturated rings. The van der Waals surface area contributed by atoms with Gasteiger partial charge in [-0.15, -0.1) is 0 Å². The van der Waals surface area contributed by atoms with E-state index in [0.29, 0.717) is 0 Å². The highest BCUT2D eigenvalue weighted by Crippen LogP contribution is 2.08. The molecule has 72 valence electrons. The van der Waals surface area contributed by atoms with Gasteiger partial charge in [0, 0.05) is 0 Å². The average molecular weight is 182 g/mol. The van der Waals surface area contributed by atoms with E-state index in [2.05, 4.69) is 0 Å². The maximum absolute atomic E-state index is 11.0. The van der Waals surface area contributed by atoms with Crippen molar-refractivity contribution in [3.05, 3.63) is 12.2 Å². The molecule has 0 aromatic heterocycles. The van der Waals surface area contributed by atoms with Crippen molar-refractivity contribution >= 4 is 11.8 Å². The normalized spacial score (nSPS) is 27.9. The zero-order valence-electron chi connectivity index (χ0n) is 7.79. The molecule has 0 saturated heterocycles. The minimum Gasteiger partial charge on any atom is -0.462 e. The minimum absolute atomic E-state index is 0.0631. The van der Waals surface area contributed by atoms with Gasteiger partial charge in [0.2, 0.25) is 0 Å². The Morgan fingerprint density at radius 1 is 1.46 bits per heavy atom. The molecule has 1 rings (SSSR count). The standard InChI is InChI=1S/C10H14O3/c1-8-5-3-2-4-6-9(11)7-10(12)13-8/h4,6,8H,2-3,5,7H2,1H3/b6-4+/t8-/m1/s1. The van der Waals surface area contributed by atoms with Gasteiger partial charge in [-0.25, -0.2) is 0 Å². The number of ketones is 1. The maximum Gasteiger partial charge on any atom is 0.313 e. The number of carbonyl (C=O) groups is 2. The van der Waals surface area contributed by atoms with Crippen LogP contribution in [0.15, 0.2) is 12.2 Å². The molecule has 1 atom stereocenters. The van der Waals surface area contributed by atoms with Crippen molar-refractivity contribution in [2.24, 2.45) is 0 Å². The third-order valence-corrected chi connectivity index (χ3v) is 1.94. The molecule has 3 heteroatoms. The zero-order chi connectivity index (χ0) is 9.68. The van der Waals surface area contributed by atoms with E-state index in [-0.39, 0.29) is 18.3 Å². The SMILES string of the molecule is C[C@@H]1CCC/C=C/C(=O)CC(=O)O1. The Balaban J connectivity index is 2.56. The molecule has 1 aliphatic rings. The van der Waals surface area contributed by atoms with Crippen LogP contribution in [0.5, 0.6) is 0 Å². The number of esters is 1. The zero-order valence-corrected chi connectivity index (χ0v) is 7.79. The number of allylic oxidation sites excluding steroid dienone is 2. The van der Waals surface area contributed by atoms with Crippen molar-refractivity contribution < 1.29 is 14.3 Å². The Morgan fingerprint density at radius 3 is 3.00 bits per heavy atom. The monoisotopic (exact) mass is 182 g/mol. The van der Waals surface area contributed by atoms with Gasteiger partial charge < -0.3 is 4.74 Å². The third kappa shape index (κ3) is 3.87. The van der Waals surface area contributed by atoms with E-state index >= 15 is 0 Å². The van der Waals surface area contributed by atoms with Gasteiger partial charge in [-0.1, -0.05) is 6.08 Å². The van der Waals surface area contributed by atoms with Gasteiger partial charge in [-0.3, -0.25) is 9.59 Å². The molecule has 0 bridgehead atoms. The molecule has 1 aliphatic heterocycles. The van der Waals surface area contributed by atoms with Crippen LogP contribution in [0.25, 0.3) is 0 Å². The largest absolute Gasteiger partial charge is 0.462 e. The summed E-state index contributed by atoms with van der Waals surface area (Å²) in [6, 6.07) is 0. The van der Waals surface area contributed by atoms with Crippen LogP contribution in [-0.2, 0) is 14.3 Å². The van der Waals surface area contributed by atoms with Crippen LogP contribution in [0.3, 0.4) is 0 Å². The van der Waals surface area contributed by atoms with Gasteiger partial charge in [0.1, 0.15) is 6.42 Å². The van der Waals surface area contributed by atoms with Gasteiger partial charge in [0.15, 0.2) is 5.78 Å². The summed E-state index contributed by atoms with van der Waals surface area (Å²) in [5.74, 6) is -0.580. The van der Waals surface area contributed by atoms with Crippen molar-refractivity contribution in [3.63, 3.8) is 0 Å².